The average Bonchev–Trinajstić information content (AvgIpc) is 2.50. The highest BCUT2D eigenvalue weighted by atomic mass is 35.5. The van der Waals surface area contributed by atoms with Gasteiger partial charge in [0.2, 0.25) is 0 Å². The van der Waals surface area contributed by atoms with Crippen molar-refractivity contribution in [2.24, 2.45) is 0 Å². The molecule has 0 bridgehead atoms. The fraction of sp³-hybridized carbons (Fsp3) is 0.278. The molecule has 124 valence electrons. The molecule has 0 aliphatic heterocycles. The summed E-state index contributed by atoms with van der Waals surface area (Å²) in [6.07, 6.45) is 0.968. The normalized spacial score (nSPS) is 10.6. The van der Waals surface area contributed by atoms with Crippen LogP contribution < -0.4 is 5.56 Å². The maximum absolute atomic E-state index is 12.8. The molecule has 0 spiro atoms. The van der Waals surface area contributed by atoms with Crippen LogP contribution in [0.5, 0.6) is 0 Å². The number of benzene rings is 2. The molecule has 0 aliphatic carbocycles. The van der Waals surface area contributed by atoms with Crippen LogP contribution in [0, 0.1) is 0 Å². The third kappa shape index (κ3) is 3.72. The number of hydrogen-bond donors (Lipinski definition) is 0. The zero-order valence-corrected chi connectivity index (χ0v) is 14.3. The molecular weight excluding hydrogens is 312 g/mol. The molecule has 0 unspecified atom stereocenters. The van der Waals surface area contributed by atoms with E-state index in [1.807, 2.05) is 47.0 Å². The zero-order chi connectivity index (χ0) is 14.8. The summed E-state index contributed by atoms with van der Waals surface area (Å²) >= 11 is 0. The fourth-order valence-corrected chi connectivity index (χ4v) is 2.86. The Morgan fingerprint density at radius 1 is 0.913 bits per heavy atom. The molecule has 3 rings (SSSR count). The first-order valence-electron chi connectivity index (χ1n) is 7.33. The van der Waals surface area contributed by atoms with Crippen LogP contribution in [-0.4, -0.2) is 35.6 Å². The highest BCUT2D eigenvalue weighted by Crippen LogP contribution is 2.22. The molecule has 5 heteroatoms. The molecule has 2 aromatic carbocycles. The number of aryl methyl sites for hydroxylation is 1. The second kappa shape index (κ2) is 8.11. The number of aromatic nitrogens is 1. The van der Waals surface area contributed by atoms with Gasteiger partial charge >= 0.3 is 0 Å². The molecule has 0 atom stereocenters. The van der Waals surface area contributed by atoms with Gasteiger partial charge in [-0.3, -0.25) is 4.79 Å². The Hall–Kier alpha value is -1.88. The predicted octanol–water partition coefficient (Wildman–Crippen LogP) is 2.70. The minimum Gasteiger partial charge on any atom is -0.412 e. The Labute approximate surface area is 142 Å². The van der Waals surface area contributed by atoms with Gasteiger partial charge in [0.1, 0.15) is 0 Å². The van der Waals surface area contributed by atoms with Crippen LogP contribution in [-0.2, 0) is 6.54 Å². The average molecular weight is 335 g/mol. The van der Waals surface area contributed by atoms with Crippen LogP contribution in [0.4, 0.5) is 0 Å². The molecule has 0 fully saturated rings. The Morgan fingerprint density at radius 3 is 2.13 bits per heavy atom. The van der Waals surface area contributed by atoms with Gasteiger partial charge in [0, 0.05) is 17.3 Å². The van der Waals surface area contributed by atoms with Gasteiger partial charge in [-0.15, -0.1) is 12.4 Å². The summed E-state index contributed by atoms with van der Waals surface area (Å²) in [4.78, 5) is 14.9. The Morgan fingerprint density at radius 2 is 1.48 bits per heavy atom. The van der Waals surface area contributed by atoms with Crippen LogP contribution in [0.25, 0.3) is 21.7 Å². The highest BCUT2D eigenvalue weighted by molar-refractivity contribution is 6.05. The molecule has 1 heterocycles. The summed E-state index contributed by atoms with van der Waals surface area (Å²) in [7, 11) is 4.11. The molecule has 1 aromatic heterocycles. The number of fused-ring (bicyclic) bond motifs is 3. The lowest BCUT2D eigenvalue weighted by atomic mass is 10.1. The Bertz CT molecular complexity index is 843. The number of nitrogens with zero attached hydrogens (tertiary/aromatic N) is 2. The van der Waals surface area contributed by atoms with Crippen molar-refractivity contribution in [2.75, 3.05) is 20.6 Å². The molecule has 0 radical (unpaired) electrons. The third-order valence-electron chi connectivity index (χ3n) is 3.87. The van der Waals surface area contributed by atoms with E-state index in [0.717, 1.165) is 41.2 Å². The maximum atomic E-state index is 12.8. The SMILES string of the molecule is CN(C)CCCn1c(=O)c2ccccc2c2ccccc21.Cl.O. The Kier molecular flexibility index (Phi) is 6.76. The summed E-state index contributed by atoms with van der Waals surface area (Å²) < 4.78 is 1.92. The van der Waals surface area contributed by atoms with E-state index in [0.29, 0.717) is 0 Å². The summed E-state index contributed by atoms with van der Waals surface area (Å²) in [6, 6.07) is 16.0. The molecule has 0 amide bonds. The number of pyridine rings is 1. The number of hydrogen-bond acceptors (Lipinski definition) is 2. The predicted molar refractivity (Wildman–Crippen MR) is 99.7 cm³/mol. The number of rotatable bonds is 4. The van der Waals surface area contributed by atoms with Crippen LogP contribution in [0.2, 0.25) is 0 Å². The molecular formula is C18H23ClN2O2. The van der Waals surface area contributed by atoms with Crippen molar-refractivity contribution in [3.05, 3.63) is 58.9 Å². The third-order valence-corrected chi connectivity index (χ3v) is 3.87. The van der Waals surface area contributed by atoms with Gasteiger partial charge in [-0.2, -0.15) is 0 Å². The summed E-state index contributed by atoms with van der Waals surface area (Å²) in [5, 5.41) is 3.00. The summed E-state index contributed by atoms with van der Waals surface area (Å²) in [5.74, 6) is 0. The van der Waals surface area contributed by atoms with Crippen LogP contribution in [0.1, 0.15) is 6.42 Å². The summed E-state index contributed by atoms with van der Waals surface area (Å²) in [5.41, 5.74) is 1.14. The van der Waals surface area contributed by atoms with Crippen molar-refractivity contribution < 1.29 is 5.48 Å². The van der Waals surface area contributed by atoms with Crippen molar-refractivity contribution in [1.29, 1.82) is 0 Å². The number of para-hydroxylation sites is 1. The van der Waals surface area contributed by atoms with Gasteiger partial charge in [-0.05, 0) is 44.6 Å². The van der Waals surface area contributed by atoms with Crippen molar-refractivity contribution in [3.63, 3.8) is 0 Å². The summed E-state index contributed by atoms with van der Waals surface area (Å²) in [6.45, 7) is 1.73. The van der Waals surface area contributed by atoms with Gasteiger partial charge in [-0.1, -0.05) is 36.4 Å². The molecule has 0 aliphatic rings. The van der Waals surface area contributed by atoms with Gasteiger partial charge in [0.15, 0.2) is 0 Å². The zero-order valence-electron chi connectivity index (χ0n) is 13.5. The fourth-order valence-electron chi connectivity index (χ4n) is 2.86. The lowest BCUT2D eigenvalue weighted by Crippen LogP contribution is -2.23. The van der Waals surface area contributed by atoms with E-state index in [4.69, 9.17) is 0 Å². The lowest BCUT2D eigenvalue weighted by Gasteiger charge is -2.14. The highest BCUT2D eigenvalue weighted by Gasteiger charge is 2.09. The lowest BCUT2D eigenvalue weighted by molar-refractivity contribution is 0.387. The van der Waals surface area contributed by atoms with Gasteiger partial charge in [-0.25, -0.2) is 0 Å². The minimum absolute atomic E-state index is 0. The first-order valence-corrected chi connectivity index (χ1v) is 7.33. The molecule has 3 aromatic rings. The standard InChI is InChI=1S/C18H20N2O.ClH.H2O/c1-19(2)12-7-13-20-17-11-6-5-9-15(17)14-8-3-4-10-16(14)18(20)21;;/h3-6,8-11H,7,12-13H2,1-2H3;1H;1H2. The van der Waals surface area contributed by atoms with Crippen LogP contribution in [0.3, 0.4) is 0 Å². The van der Waals surface area contributed by atoms with Crippen molar-refractivity contribution in [1.82, 2.24) is 9.47 Å². The van der Waals surface area contributed by atoms with Crippen LogP contribution in [0.15, 0.2) is 53.3 Å². The van der Waals surface area contributed by atoms with Crippen molar-refractivity contribution in [2.45, 2.75) is 13.0 Å². The van der Waals surface area contributed by atoms with Gasteiger partial charge in [0.25, 0.3) is 5.56 Å². The quantitative estimate of drug-likeness (QED) is 0.689. The molecule has 0 saturated heterocycles. The van der Waals surface area contributed by atoms with E-state index in [1.54, 1.807) is 0 Å². The second-order valence-corrected chi connectivity index (χ2v) is 5.68. The molecule has 4 nitrogen and oxygen atoms in total. The first-order chi connectivity index (χ1) is 10.2. The molecule has 0 saturated carbocycles. The van der Waals surface area contributed by atoms with E-state index in [-0.39, 0.29) is 23.4 Å². The largest absolute Gasteiger partial charge is 0.412 e. The van der Waals surface area contributed by atoms with Gasteiger partial charge in [0.05, 0.1) is 5.52 Å². The topological polar surface area (TPSA) is 56.7 Å². The van der Waals surface area contributed by atoms with E-state index < -0.39 is 0 Å². The van der Waals surface area contributed by atoms with E-state index in [2.05, 4.69) is 25.1 Å². The van der Waals surface area contributed by atoms with Gasteiger partial charge < -0.3 is 14.9 Å². The second-order valence-electron chi connectivity index (χ2n) is 5.68. The number of halogens is 1. The van der Waals surface area contributed by atoms with Crippen LogP contribution >= 0.6 is 12.4 Å². The smallest absolute Gasteiger partial charge is 0.258 e. The first kappa shape index (κ1) is 19.2. The van der Waals surface area contributed by atoms with E-state index in [9.17, 15) is 4.79 Å². The monoisotopic (exact) mass is 334 g/mol. The Balaban J connectivity index is 0.00000132. The maximum Gasteiger partial charge on any atom is 0.258 e. The molecule has 2 N–H and O–H groups in total. The van der Waals surface area contributed by atoms with E-state index >= 15 is 0 Å². The van der Waals surface area contributed by atoms with Crippen molar-refractivity contribution in [3.8, 4) is 0 Å². The van der Waals surface area contributed by atoms with Crippen molar-refractivity contribution >= 4 is 34.1 Å². The molecule has 23 heavy (non-hydrogen) atoms. The van der Waals surface area contributed by atoms with E-state index in [1.165, 1.54) is 0 Å². The minimum atomic E-state index is 0.